The molecule has 1 aliphatic heterocycles. The van der Waals surface area contributed by atoms with Crippen molar-refractivity contribution in [2.75, 3.05) is 19.6 Å². The second-order valence-corrected chi connectivity index (χ2v) is 5.16. The van der Waals surface area contributed by atoms with Gasteiger partial charge in [-0.2, -0.15) is 0 Å². The van der Waals surface area contributed by atoms with Crippen LogP contribution in [0.25, 0.3) is 0 Å². The summed E-state index contributed by atoms with van der Waals surface area (Å²) in [6, 6.07) is 0. The SMILES string of the molecule is C=C(Br)CNC(=O)C1CCCN(C(C)=O)C1. The molecule has 1 rings (SSSR count). The van der Waals surface area contributed by atoms with Gasteiger partial charge in [-0.15, -0.1) is 0 Å². The number of amides is 2. The van der Waals surface area contributed by atoms with Crippen LogP contribution in [0.3, 0.4) is 0 Å². The zero-order valence-corrected chi connectivity index (χ0v) is 11.0. The van der Waals surface area contributed by atoms with Crippen molar-refractivity contribution < 1.29 is 9.59 Å². The second kappa shape index (κ2) is 6.03. The molecule has 1 unspecified atom stereocenters. The minimum atomic E-state index is -0.0792. The first kappa shape index (κ1) is 13.2. The van der Waals surface area contributed by atoms with Gasteiger partial charge in [-0.25, -0.2) is 0 Å². The summed E-state index contributed by atoms with van der Waals surface area (Å²) in [5.41, 5.74) is 0. The van der Waals surface area contributed by atoms with Crippen LogP contribution in [0.2, 0.25) is 0 Å². The molecule has 0 saturated carbocycles. The molecular formula is C11H17BrN2O2. The van der Waals surface area contributed by atoms with E-state index in [0.29, 0.717) is 13.1 Å². The number of hydrogen-bond acceptors (Lipinski definition) is 2. The Morgan fingerprint density at radius 1 is 1.56 bits per heavy atom. The Labute approximate surface area is 104 Å². The number of hydrogen-bond donors (Lipinski definition) is 1. The van der Waals surface area contributed by atoms with Gasteiger partial charge >= 0.3 is 0 Å². The third-order valence-corrected chi connectivity index (χ3v) is 2.97. The molecule has 0 spiro atoms. The molecule has 0 aromatic carbocycles. The van der Waals surface area contributed by atoms with E-state index in [1.54, 1.807) is 11.8 Å². The van der Waals surface area contributed by atoms with E-state index in [0.717, 1.165) is 23.9 Å². The Morgan fingerprint density at radius 3 is 2.81 bits per heavy atom. The van der Waals surface area contributed by atoms with E-state index in [2.05, 4.69) is 27.8 Å². The molecule has 1 atom stereocenters. The first-order chi connectivity index (χ1) is 7.50. The van der Waals surface area contributed by atoms with E-state index in [1.165, 1.54) is 0 Å². The van der Waals surface area contributed by atoms with Gasteiger partial charge in [0.2, 0.25) is 11.8 Å². The Bertz CT molecular complexity index is 304. The Morgan fingerprint density at radius 2 is 2.25 bits per heavy atom. The molecule has 0 aromatic rings. The van der Waals surface area contributed by atoms with Crippen molar-refractivity contribution in [3.05, 3.63) is 11.1 Å². The Kier molecular flexibility index (Phi) is 4.99. The minimum Gasteiger partial charge on any atom is -0.351 e. The smallest absolute Gasteiger partial charge is 0.225 e. The van der Waals surface area contributed by atoms with Crippen LogP contribution in [0.1, 0.15) is 19.8 Å². The monoisotopic (exact) mass is 288 g/mol. The molecule has 5 heteroatoms. The van der Waals surface area contributed by atoms with Crippen molar-refractivity contribution in [3.8, 4) is 0 Å². The number of likely N-dealkylation sites (tertiary alicyclic amines) is 1. The summed E-state index contributed by atoms with van der Waals surface area (Å²) in [6.45, 7) is 6.94. The van der Waals surface area contributed by atoms with Crippen LogP contribution in [-0.2, 0) is 9.59 Å². The molecule has 1 N–H and O–H groups in total. The minimum absolute atomic E-state index is 0.00606. The van der Waals surface area contributed by atoms with Gasteiger partial charge in [-0.1, -0.05) is 22.5 Å². The van der Waals surface area contributed by atoms with Gasteiger partial charge in [0.1, 0.15) is 0 Å². The number of nitrogens with one attached hydrogen (secondary N) is 1. The maximum Gasteiger partial charge on any atom is 0.225 e. The summed E-state index contributed by atoms with van der Waals surface area (Å²) >= 11 is 3.19. The van der Waals surface area contributed by atoms with Crippen molar-refractivity contribution in [1.82, 2.24) is 10.2 Å². The highest BCUT2D eigenvalue weighted by atomic mass is 79.9. The summed E-state index contributed by atoms with van der Waals surface area (Å²) in [5.74, 6) is -0.0292. The van der Waals surface area contributed by atoms with E-state index in [1.807, 2.05) is 0 Å². The summed E-state index contributed by atoms with van der Waals surface area (Å²) in [6.07, 6.45) is 1.75. The summed E-state index contributed by atoms with van der Waals surface area (Å²) in [5, 5.41) is 2.79. The van der Waals surface area contributed by atoms with Gasteiger partial charge in [0, 0.05) is 31.0 Å². The summed E-state index contributed by atoms with van der Waals surface area (Å²) in [4.78, 5) is 24.7. The lowest BCUT2D eigenvalue weighted by Gasteiger charge is -2.31. The van der Waals surface area contributed by atoms with Crippen molar-refractivity contribution in [1.29, 1.82) is 0 Å². The number of nitrogens with zero attached hydrogens (tertiary/aromatic N) is 1. The number of carbonyl (C=O) groups excluding carboxylic acids is 2. The fourth-order valence-electron chi connectivity index (χ4n) is 1.80. The number of halogens is 1. The second-order valence-electron chi connectivity index (χ2n) is 4.04. The average Bonchev–Trinajstić information content (AvgIpc) is 2.26. The van der Waals surface area contributed by atoms with Gasteiger partial charge in [0.25, 0.3) is 0 Å². The predicted molar refractivity (Wildman–Crippen MR) is 66.1 cm³/mol. The molecule has 0 aromatic heterocycles. The third kappa shape index (κ3) is 3.96. The highest BCUT2D eigenvalue weighted by Gasteiger charge is 2.26. The highest BCUT2D eigenvalue weighted by molar-refractivity contribution is 9.11. The molecule has 1 aliphatic rings. The van der Waals surface area contributed by atoms with Gasteiger partial charge in [-0.3, -0.25) is 9.59 Å². The van der Waals surface area contributed by atoms with Gasteiger partial charge in [-0.05, 0) is 12.8 Å². The van der Waals surface area contributed by atoms with Crippen molar-refractivity contribution in [2.45, 2.75) is 19.8 Å². The van der Waals surface area contributed by atoms with Gasteiger partial charge < -0.3 is 10.2 Å². The Balaban J connectivity index is 2.43. The lowest BCUT2D eigenvalue weighted by molar-refractivity contribution is -0.133. The number of carbonyl (C=O) groups is 2. The van der Waals surface area contributed by atoms with Crippen molar-refractivity contribution in [3.63, 3.8) is 0 Å². The maximum absolute atomic E-state index is 11.8. The van der Waals surface area contributed by atoms with Gasteiger partial charge in [0.15, 0.2) is 0 Å². The maximum atomic E-state index is 11.8. The fourth-order valence-corrected chi connectivity index (χ4v) is 1.94. The third-order valence-electron chi connectivity index (χ3n) is 2.69. The summed E-state index contributed by atoms with van der Waals surface area (Å²) in [7, 11) is 0. The molecule has 16 heavy (non-hydrogen) atoms. The molecule has 0 bridgehead atoms. The molecule has 1 fully saturated rings. The summed E-state index contributed by atoms with van der Waals surface area (Å²) < 4.78 is 0.750. The van der Waals surface area contributed by atoms with Crippen molar-refractivity contribution in [2.24, 2.45) is 5.92 Å². The lowest BCUT2D eigenvalue weighted by Crippen LogP contribution is -2.44. The van der Waals surface area contributed by atoms with Crippen LogP contribution < -0.4 is 5.32 Å². The first-order valence-electron chi connectivity index (χ1n) is 5.37. The zero-order chi connectivity index (χ0) is 12.1. The molecule has 0 aliphatic carbocycles. The molecule has 0 radical (unpaired) electrons. The molecule has 4 nitrogen and oxygen atoms in total. The number of piperidine rings is 1. The van der Waals surface area contributed by atoms with Crippen LogP contribution in [0.5, 0.6) is 0 Å². The molecule has 2 amide bonds. The quantitative estimate of drug-likeness (QED) is 0.850. The first-order valence-corrected chi connectivity index (χ1v) is 6.16. The van der Waals surface area contributed by atoms with Gasteiger partial charge in [0.05, 0.1) is 5.92 Å². The topological polar surface area (TPSA) is 49.4 Å². The predicted octanol–water partition coefficient (Wildman–Crippen LogP) is 1.27. The van der Waals surface area contributed by atoms with E-state index >= 15 is 0 Å². The Hall–Kier alpha value is -0.840. The molecular weight excluding hydrogens is 272 g/mol. The number of rotatable bonds is 3. The average molecular weight is 289 g/mol. The molecule has 90 valence electrons. The fraction of sp³-hybridized carbons (Fsp3) is 0.636. The lowest BCUT2D eigenvalue weighted by atomic mass is 9.97. The van der Waals surface area contributed by atoms with Crippen LogP contribution in [0.15, 0.2) is 11.1 Å². The van der Waals surface area contributed by atoms with E-state index in [-0.39, 0.29) is 17.7 Å². The normalized spacial score (nSPS) is 20.4. The van der Waals surface area contributed by atoms with Crippen LogP contribution in [0.4, 0.5) is 0 Å². The molecule has 1 heterocycles. The standard InChI is InChI=1S/C11H17BrN2O2/c1-8(12)6-13-11(16)10-4-3-5-14(7-10)9(2)15/h10H,1,3-7H2,2H3,(H,13,16). The van der Waals surface area contributed by atoms with Crippen LogP contribution in [0, 0.1) is 5.92 Å². The highest BCUT2D eigenvalue weighted by Crippen LogP contribution is 2.16. The van der Waals surface area contributed by atoms with Crippen molar-refractivity contribution >= 4 is 27.7 Å². The van der Waals surface area contributed by atoms with Crippen LogP contribution in [-0.4, -0.2) is 36.3 Å². The van der Waals surface area contributed by atoms with E-state index in [4.69, 9.17) is 0 Å². The van der Waals surface area contributed by atoms with E-state index < -0.39 is 0 Å². The van der Waals surface area contributed by atoms with E-state index in [9.17, 15) is 9.59 Å². The largest absolute Gasteiger partial charge is 0.351 e. The molecule has 1 saturated heterocycles. The van der Waals surface area contributed by atoms with Crippen LogP contribution >= 0.6 is 15.9 Å². The zero-order valence-electron chi connectivity index (χ0n) is 9.46.